The van der Waals surface area contributed by atoms with Crippen molar-refractivity contribution in [2.45, 2.75) is 19.0 Å². The molecule has 5 nitrogen and oxygen atoms in total. The van der Waals surface area contributed by atoms with E-state index in [9.17, 15) is 9.59 Å². The van der Waals surface area contributed by atoms with Crippen LogP contribution < -0.4 is 5.73 Å². The molecule has 0 amide bonds. The lowest BCUT2D eigenvalue weighted by Crippen LogP contribution is -2.42. The van der Waals surface area contributed by atoms with Gasteiger partial charge in [0.25, 0.3) is 0 Å². The fourth-order valence-electron chi connectivity index (χ4n) is 2.10. The van der Waals surface area contributed by atoms with Crippen molar-refractivity contribution in [1.29, 1.82) is 0 Å². The molecule has 0 saturated carbocycles. The van der Waals surface area contributed by atoms with Crippen LogP contribution in [0.5, 0.6) is 0 Å². The van der Waals surface area contributed by atoms with Crippen LogP contribution in [0.3, 0.4) is 0 Å². The van der Waals surface area contributed by atoms with Crippen molar-refractivity contribution in [2.24, 2.45) is 5.73 Å². The topological polar surface area (TPSA) is 85.3 Å². The maximum absolute atomic E-state index is 11.7. The van der Waals surface area contributed by atoms with Crippen molar-refractivity contribution in [2.75, 3.05) is 0 Å². The molecule has 0 aliphatic rings. The zero-order valence-corrected chi connectivity index (χ0v) is 9.91. The maximum atomic E-state index is 11.7. The number of ketones is 1. The second kappa shape index (κ2) is 4.62. The zero-order chi connectivity index (χ0) is 13.3. The van der Waals surface area contributed by atoms with Gasteiger partial charge in [-0.15, -0.1) is 0 Å². The van der Waals surface area contributed by atoms with E-state index in [0.29, 0.717) is 0 Å². The highest BCUT2D eigenvalue weighted by atomic mass is 16.4. The van der Waals surface area contributed by atoms with Crippen molar-refractivity contribution < 1.29 is 14.7 Å². The highest BCUT2D eigenvalue weighted by Gasteiger charge is 2.30. The Bertz CT molecular complexity index is 603. The molecule has 2 unspecified atom stereocenters. The number of hydrogen-bond acceptors (Lipinski definition) is 3. The molecular formula is C13H14N2O3. The molecule has 1 aromatic carbocycles. The largest absolute Gasteiger partial charge is 0.480 e. The monoisotopic (exact) mass is 246 g/mol. The summed E-state index contributed by atoms with van der Waals surface area (Å²) in [6, 6.07) is 7.14. The Labute approximate surface area is 104 Å². The van der Waals surface area contributed by atoms with Crippen LogP contribution in [0.25, 0.3) is 10.9 Å². The molecule has 94 valence electrons. The Morgan fingerprint density at radius 2 is 1.94 bits per heavy atom. The normalized spacial score (nSPS) is 14.3. The Morgan fingerprint density at radius 3 is 2.56 bits per heavy atom. The summed E-state index contributed by atoms with van der Waals surface area (Å²) in [7, 11) is 0. The molecule has 0 spiro atoms. The van der Waals surface area contributed by atoms with Gasteiger partial charge >= 0.3 is 5.97 Å². The number of carboxylic acid groups (broad SMARTS) is 1. The molecule has 2 aromatic rings. The van der Waals surface area contributed by atoms with Gasteiger partial charge in [0.15, 0.2) is 5.78 Å². The quantitative estimate of drug-likeness (QED) is 0.848. The Hall–Kier alpha value is -2.14. The second-order valence-corrected chi connectivity index (χ2v) is 4.20. The number of aliphatic carboxylic acids is 1. The van der Waals surface area contributed by atoms with E-state index in [1.807, 2.05) is 30.3 Å². The highest BCUT2D eigenvalue weighted by molar-refractivity contribution is 5.90. The van der Waals surface area contributed by atoms with Gasteiger partial charge in [-0.3, -0.25) is 9.59 Å². The van der Waals surface area contributed by atoms with E-state index in [2.05, 4.69) is 0 Å². The molecule has 5 heteroatoms. The molecule has 2 atom stereocenters. The van der Waals surface area contributed by atoms with Gasteiger partial charge < -0.3 is 15.4 Å². The van der Waals surface area contributed by atoms with Gasteiger partial charge in [0.1, 0.15) is 12.1 Å². The first-order chi connectivity index (χ1) is 8.52. The number of benzene rings is 1. The van der Waals surface area contributed by atoms with Crippen LogP contribution >= 0.6 is 0 Å². The average molecular weight is 246 g/mol. The van der Waals surface area contributed by atoms with E-state index in [0.717, 1.165) is 10.9 Å². The Morgan fingerprint density at radius 1 is 1.28 bits per heavy atom. The number of nitrogens with zero attached hydrogens (tertiary/aromatic N) is 1. The maximum Gasteiger partial charge on any atom is 0.323 e. The number of carbonyl (C=O) groups is 2. The number of carboxylic acids is 1. The van der Waals surface area contributed by atoms with Gasteiger partial charge in [0.2, 0.25) is 0 Å². The molecule has 0 aliphatic heterocycles. The first-order valence-electron chi connectivity index (χ1n) is 5.57. The summed E-state index contributed by atoms with van der Waals surface area (Å²) in [5, 5.41) is 9.93. The molecule has 0 aliphatic carbocycles. The number of carbonyl (C=O) groups excluding carboxylic acids is 1. The summed E-state index contributed by atoms with van der Waals surface area (Å²) < 4.78 is 1.62. The molecule has 0 saturated heterocycles. The van der Waals surface area contributed by atoms with Gasteiger partial charge in [-0.05, 0) is 24.4 Å². The zero-order valence-electron chi connectivity index (χ0n) is 9.91. The van der Waals surface area contributed by atoms with E-state index in [1.165, 1.54) is 6.92 Å². The molecule has 0 radical (unpaired) electrons. The summed E-state index contributed by atoms with van der Waals surface area (Å²) in [6.45, 7) is 1.35. The summed E-state index contributed by atoms with van der Waals surface area (Å²) in [5.74, 6) is -1.46. The third-order valence-electron chi connectivity index (χ3n) is 2.97. The molecule has 2 rings (SSSR count). The van der Waals surface area contributed by atoms with E-state index < -0.39 is 18.1 Å². The highest BCUT2D eigenvalue weighted by Crippen LogP contribution is 2.22. The first-order valence-corrected chi connectivity index (χ1v) is 5.57. The van der Waals surface area contributed by atoms with Crippen molar-refractivity contribution in [3.63, 3.8) is 0 Å². The van der Waals surface area contributed by atoms with Crippen LogP contribution in [0.4, 0.5) is 0 Å². The van der Waals surface area contributed by atoms with Crippen molar-refractivity contribution >= 4 is 22.7 Å². The van der Waals surface area contributed by atoms with Gasteiger partial charge in [0, 0.05) is 11.7 Å². The van der Waals surface area contributed by atoms with Gasteiger partial charge in [-0.2, -0.15) is 0 Å². The van der Waals surface area contributed by atoms with E-state index in [1.54, 1.807) is 10.8 Å². The van der Waals surface area contributed by atoms with Crippen LogP contribution in [-0.2, 0) is 9.59 Å². The first kappa shape index (κ1) is 12.3. The molecule has 3 N–H and O–H groups in total. The van der Waals surface area contributed by atoms with Crippen molar-refractivity contribution in [3.05, 3.63) is 36.5 Å². The lowest BCUT2D eigenvalue weighted by molar-refractivity contribution is -0.141. The minimum atomic E-state index is -1.25. The summed E-state index contributed by atoms with van der Waals surface area (Å²) in [4.78, 5) is 22.7. The smallest absolute Gasteiger partial charge is 0.323 e. The van der Waals surface area contributed by atoms with Crippen LogP contribution in [0, 0.1) is 0 Å². The number of rotatable bonds is 4. The number of para-hydroxylation sites is 1. The fourth-order valence-corrected chi connectivity index (χ4v) is 2.10. The van der Waals surface area contributed by atoms with Gasteiger partial charge in [-0.25, -0.2) is 0 Å². The number of Topliss-reactive ketones (excluding diaryl/α,β-unsaturated/α-hetero) is 1. The number of nitrogens with two attached hydrogens (primary N) is 1. The van der Waals surface area contributed by atoms with E-state index >= 15 is 0 Å². The third kappa shape index (κ3) is 2.00. The molecule has 1 heterocycles. The molecule has 0 fully saturated rings. The van der Waals surface area contributed by atoms with Crippen molar-refractivity contribution in [3.8, 4) is 0 Å². The predicted octanol–water partition coefficient (Wildman–Crippen LogP) is 1.18. The second-order valence-electron chi connectivity index (χ2n) is 4.20. The fraction of sp³-hybridized carbons (Fsp3) is 0.231. The predicted molar refractivity (Wildman–Crippen MR) is 67.3 cm³/mol. The lowest BCUT2D eigenvalue weighted by atomic mass is 10.1. The van der Waals surface area contributed by atoms with Gasteiger partial charge in [0.05, 0.1) is 0 Å². The Kier molecular flexibility index (Phi) is 3.16. The standard InChI is InChI=1S/C13H14N2O3/c1-8(16)12(11(14)13(17)18)15-7-6-9-4-2-3-5-10(9)15/h2-7,11-12H,14H2,1H3,(H,17,18). The van der Waals surface area contributed by atoms with Crippen LogP contribution in [-0.4, -0.2) is 27.5 Å². The Balaban J connectivity index is 2.55. The molecule has 1 aromatic heterocycles. The third-order valence-corrected chi connectivity index (χ3v) is 2.97. The number of fused-ring (bicyclic) bond motifs is 1. The molecule has 18 heavy (non-hydrogen) atoms. The van der Waals surface area contributed by atoms with Crippen LogP contribution in [0.1, 0.15) is 13.0 Å². The molecule has 0 bridgehead atoms. The van der Waals surface area contributed by atoms with Gasteiger partial charge in [-0.1, -0.05) is 18.2 Å². The van der Waals surface area contributed by atoms with Crippen LogP contribution in [0.15, 0.2) is 36.5 Å². The van der Waals surface area contributed by atoms with E-state index in [4.69, 9.17) is 10.8 Å². The number of hydrogen-bond donors (Lipinski definition) is 2. The minimum Gasteiger partial charge on any atom is -0.480 e. The molecular weight excluding hydrogens is 232 g/mol. The number of aromatic nitrogens is 1. The minimum absolute atomic E-state index is 0.272. The summed E-state index contributed by atoms with van der Waals surface area (Å²) in [6.07, 6.45) is 1.69. The SMILES string of the molecule is CC(=O)C(C(N)C(=O)O)n1ccc2ccccc21. The van der Waals surface area contributed by atoms with Crippen molar-refractivity contribution in [1.82, 2.24) is 4.57 Å². The van der Waals surface area contributed by atoms with E-state index in [-0.39, 0.29) is 5.78 Å². The van der Waals surface area contributed by atoms with Crippen LogP contribution in [0.2, 0.25) is 0 Å². The average Bonchev–Trinajstić information content (AvgIpc) is 2.73. The summed E-state index contributed by atoms with van der Waals surface area (Å²) >= 11 is 0. The lowest BCUT2D eigenvalue weighted by Gasteiger charge is -2.21. The summed E-state index contributed by atoms with van der Waals surface area (Å²) in [5.41, 5.74) is 6.40.